The highest BCUT2D eigenvalue weighted by Gasteiger charge is 2.20. The van der Waals surface area contributed by atoms with E-state index in [0.29, 0.717) is 10.4 Å². The lowest BCUT2D eigenvalue weighted by Crippen LogP contribution is -2.11. The summed E-state index contributed by atoms with van der Waals surface area (Å²) in [6.07, 6.45) is -0.784. The van der Waals surface area contributed by atoms with Crippen LogP contribution in [0.4, 0.5) is 5.69 Å². The zero-order valence-electron chi connectivity index (χ0n) is 15.7. The number of carbonyl (C=O) groups is 2. The zero-order chi connectivity index (χ0) is 21.0. The number of nitrogens with zero attached hydrogens (tertiary/aromatic N) is 3. The molecule has 0 amide bonds. The Balaban J connectivity index is 1.55. The summed E-state index contributed by atoms with van der Waals surface area (Å²) < 4.78 is 10.8. The SMILES string of the molecule is Cc1ccc(C(=O)CCC(=O)O[C@H](C)c2nnc(-c3ccc([N+](=O)[O-])cc3)o2)s1. The third kappa shape index (κ3) is 5.11. The minimum atomic E-state index is -0.791. The van der Waals surface area contributed by atoms with Gasteiger partial charge >= 0.3 is 5.97 Å². The summed E-state index contributed by atoms with van der Waals surface area (Å²) in [7, 11) is 0. The number of rotatable bonds is 8. The number of esters is 1. The van der Waals surface area contributed by atoms with Crippen molar-refractivity contribution in [1.29, 1.82) is 0 Å². The van der Waals surface area contributed by atoms with Gasteiger partial charge in [0.1, 0.15) is 0 Å². The van der Waals surface area contributed by atoms with E-state index in [-0.39, 0.29) is 36.1 Å². The lowest BCUT2D eigenvalue weighted by Gasteiger charge is -2.08. The van der Waals surface area contributed by atoms with Crippen LogP contribution in [0, 0.1) is 17.0 Å². The second-order valence-electron chi connectivity index (χ2n) is 6.21. The van der Waals surface area contributed by atoms with E-state index in [9.17, 15) is 19.7 Å². The fourth-order valence-electron chi connectivity index (χ4n) is 2.47. The summed E-state index contributed by atoms with van der Waals surface area (Å²) in [6, 6.07) is 9.24. The van der Waals surface area contributed by atoms with Crippen LogP contribution < -0.4 is 0 Å². The number of thiophene rings is 1. The third-order valence-corrected chi connectivity index (χ3v) is 5.03. The normalized spacial score (nSPS) is 11.8. The Morgan fingerprint density at radius 1 is 1.17 bits per heavy atom. The molecule has 0 bridgehead atoms. The van der Waals surface area contributed by atoms with Gasteiger partial charge in [0.25, 0.3) is 11.6 Å². The van der Waals surface area contributed by atoms with Gasteiger partial charge in [0.15, 0.2) is 11.9 Å². The summed E-state index contributed by atoms with van der Waals surface area (Å²) in [5, 5.41) is 18.4. The van der Waals surface area contributed by atoms with Crippen LogP contribution in [0.5, 0.6) is 0 Å². The van der Waals surface area contributed by atoms with Crippen molar-refractivity contribution >= 4 is 28.8 Å². The van der Waals surface area contributed by atoms with Gasteiger partial charge in [-0.1, -0.05) is 0 Å². The lowest BCUT2D eigenvalue weighted by atomic mass is 10.2. The molecule has 0 radical (unpaired) electrons. The van der Waals surface area contributed by atoms with E-state index in [4.69, 9.17) is 9.15 Å². The highest BCUT2D eigenvalue weighted by molar-refractivity contribution is 7.14. The molecule has 2 heterocycles. The first-order chi connectivity index (χ1) is 13.8. The molecule has 0 aliphatic rings. The summed E-state index contributed by atoms with van der Waals surface area (Å²) in [5.41, 5.74) is 0.452. The van der Waals surface area contributed by atoms with Crippen molar-refractivity contribution < 1.29 is 23.7 Å². The van der Waals surface area contributed by atoms with Crippen LogP contribution in [0.2, 0.25) is 0 Å². The molecule has 0 unspecified atom stereocenters. The van der Waals surface area contributed by atoms with E-state index in [1.54, 1.807) is 13.0 Å². The molecule has 0 spiro atoms. The van der Waals surface area contributed by atoms with Crippen molar-refractivity contribution in [2.24, 2.45) is 0 Å². The van der Waals surface area contributed by atoms with Crippen LogP contribution in [-0.4, -0.2) is 26.9 Å². The largest absolute Gasteiger partial charge is 0.453 e. The van der Waals surface area contributed by atoms with E-state index >= 15 is 0 Å². The molecule has 9 nitrogen and oxygen atoms in total. The summed E-state index contributed by atoms with van der Waals surface area (Å²) in [5.74, 6) is -0.409. The molecule has 0 aliphatic heterocycles. The molecule has 0 saturated carbocycles. The minimum Gasteiger partial charge on any atom is -0.453 e. The van der Waals surface area contributed by atoms with Crippen LogP contribution in [0.1, 0.15) is 46.3 Å². The number of benzene rings is 1. The predicted molar refractivity (Wildman–Crippen MR) is 104 cm³/mol. The van der Waals surface area contributed by atoms with E-state index in [1.807, 2.05) is 13.0 Å². The van der Waals surface area contributed by atoms with E-state index in [1.165, 1.54) is 35.6 Å². The second kappa shape index (κ2) is 8.74. The number of nitro groups is 1. The number of carbonyl (C=O) groups excluding carboxylic acids is 2. The monoisotopic (exact) mass is 415 g/mol. The summed E-state index contributed by atoms with van der Waals surface area (Å²) in [4.78, 5) is 35.9. The topological polar surface area (TPSA) is 125 Å². The Bertz CT molecular complexity index is 1040. The number of ether oxygens (including phenoxy) is 1. The first-order valence-corrected chi connectivity index (χ1v) is 9.52. The Hall–Kier alpha value is -3.40. The Labute approximate surface area is 169 Å². The fraction of sp³-hybridized carbons (Fsp3) is 0.263. The van der Waals surface area contributed by atoms with Gasteiger partial charge in [0.05, 0.1) is 16.2 Å². The van der Waals surface area contributed by atoms with Gasteiger partial charge in [-0.25, -0.2) is 0 Å². The first-order valence-electron chi connectivity index (χ1n) is 8.71. The Kier molecular flexibility index (Phi) is 6.13. The standard InChI is InChI=1S/C19H17N3O6S/c1-11-3-9-16(29-11)15(23)8-10-17(24)27-12(2)18-20-21-19(28-18)13-4-6-14(7-5-13)22(25)26/h3-7,9,12H,8,10H2,1-2H3/t12-/m1/s1. The molecule has 10 heteroatoms. The number of aromatic nitrogens is 2. The van der Waals surface area contributed by atoms with Crippen LogP contribution >= 0.6 is 11.3 Å². The van der Waals surface area contributed by atoms with Crippen LogP contribution in [0.25, 0.3) is 11.5 Å². The predicted octanol–water partition coefficient (Wildman–Crippen LogP) is 4.28. The maximum atomic E-state index is 12.1. The number of nitro benzene ring substituents is 1. The van der Waals surface area contributed by atoms with E-state index in [2.05, 4.69) is 10.2 Å². The number of ketones is 1. The maximum absolute atomic E-state index is 12.1. The smallest absolute Gasteiger partial charge is 0.307 e. The highest BCUT2D eigenvalue weighted by Crippen LogP contribution is 2.25. The molecular weight excluding hydrogens is 398 g/mol. The molecule has 29 heavy (non-hydrogen) atoms. The Morgan fingerprint density at radius 2 is 1.90 bits per heavy atom. The van der Waals surface area contributed by atoms with Crippen molar-refractivity contribution in [2.45, 2.75) is 32.8 Å². The fourth-order valence-corrected chi connectivity index (χ4v) is 3.31. The van der Waals surface area contributed by atoms with Gasteiger partial charge in [0, 0.05) is 29.0 Å². The molecule has 0 fully saturated rings. The molecule has 2 aromatic heterocycles. The quantitative estimate of drug-likeness (QED) is 0.231. The van der Waals surface area contributed by atoms with Crippen molar-refractivity contribution in [3.63, 3.8) is 0 Å². The van der Waals surface area contributed by atoms with Gasteiger partial charge < -0.3 is 9.15 Å². The summed E-state index contributed by atoms with van der Waals surface area (Å²) in [6.45, 7) is 3.49. The van der Waals surface area contributed by atoms with Gasteiger partial charge in [-0.3, -0.25) is 19.7 Å². The number of Topliss-reactive ketones (excluding diaryl/α,β-unsaturated/α-hetero) is 1. The van der Waals surface area contributed by atoms with Crippen molar-refractivity contribution in [3.05, 3.63) is 62.2 Å². The zero-order valence-corrected chi connectivity index (χ0v) is 16.5. The van der Waals surface area contributed by atoms with Crippen LogP contribution in [-0.2, 0) is 9.53 Å². The molecular formula is C19H17N3O6S. The van der Waals surface area contributed by atoms with E-state index in [0.717, 1.165) is 4.88 Å². The number of non-ortho nitro benzene ring substituents is 1. The second-order valence-corrected chi connectivity index (χ2v) is 7.50. The minimum absolute atomic E-state index is 0.0521. The van der Waals surface area contributed by atoms with Gasteiger partial charge in [-0.15, -0.1) is 21.5 Å². The first kappa shape index (κ1) is 20.3. The number of hydrogen-bond acceptors (Lipinski definition) is 9. The Morgan fingerprint density at radius 3 is 2.52 bits per heavy atom. The molecule has 1 aromatic carbocycles. The van der Waals surface area contributed by atoms with Crippen LogP contribution in [0.3, 0.4) is 0 Å². The lowest BCUT2D eigenvalue weighted by molar-refractivity contribution is -0.384. The van der Waals surface area contributed by atoms with Gasteiger partial charge in [-0.2, -0.15) is 0 Å². The average molecular weight is 415 g/mol. The van der Waals surface area contributed by atoms with Crippen LogP contribution in [0.15, 0.2) is 40.8 Å². The van der Waals surface area contributed by atoms with Crippen molar-refractivity contribution in [2.75, 3.05) is 0 Å². The van der Waals surface area contributed by atoms with E-state index < -0.39 is 17.0 Å². The van der Waals surface area contributed by atoms with Gasteiger partial charge in [-0.05, 0) is 38.1 Å². The van der Waals surface area contributed by atoms with Crippen molar-refractivity contribution in [3.8, 4) is 11.5 Å². The average Bonchev–Trinajstić information content (AvgIpc) is 3.35. The molecule has 3 rings (SSSR count). The summed E-state index contributed by atoms with van der Waals surface area (Å²) >= 11 is 1.39. The highest BCUT2D eigenvalue weighted by atomic mass is 32.1. The molecule has 3 aromatic rings. The molecule has 1 atom stereocenters. The molecule has 0 aliphatic carbocycles. The molecule has 0 saturated heterocycles. The number of aryl methyl sites for hydroxylation is 1. The molecule has 150 valence electrons. The van der Waals surface area contributed by atoms with Crippen molar-refractivity contribution in [1.82, 2.24) is 10.2 Å². The number of hydrogen-bond donors (Lipinski definition) is 0. The van der Waals surface area contributed by atoms with Gasteiger partial charge in [0.2, 0.25) is 5.89 Å². The molecule has 0 N–H and O–H groups in total. The maximum Gasteiger partial charge on any atom is 0.307 e. The third-order valence-electron chi connectivity index (χ3n) is 3.99.